The first-order valence-electron chi connectivity index (χ1n) is 6.58. The molecule has 0 saturated carbocycles. The van der Waals surface area contributed by atoms with Gasteiger partial charge in [0.25, 0.3) is 0 Å². The first-order chi connectivity index (χ1) is 10.3. The molecule has 2 aromatic carbocycles. The molecule has 104 valence electrons. The number of aromatic nitrogens is 2. The minimum Gasteiger partial charge on any atom is -0.486 e. The highest BCUT2D eigenvalue weighted by atomic mass is 35.5. The summed E-state index contributed by atoms with van der Waals surface area (Å²) >= 11 is 5.93. The maximum absolute atomic E-state index is 5.93. The van der Waals surface area contributed by atoms with Crippen molar-refractivity contribution in [2.45, 2.75) is 6.61 Å². The molecule has 0 radical (unpaired) electrons. The van der Waals surface area contributed by atoms with Crippen LogP contribution in [0.2, 0.25) is 5.15 Å². The monoisotopic (exact) mass is 296 g/mol. The van der Waals surface area contributed by atoms with Crippen molar-refractivity contribution < 1.29 is 4.74 Å². The van der Waals surface area contributed by atoms with Crippen molar-refractivity contribution in [3.05, 3.63) is 77.4 Å². The van der Waals surface area contributed by atoms with Crippen LogP contribution in [0, 0.1) is 0 Å². The second kappa shape index (κ2) is 6.37. The van der Waals surface area contributed by atoms with Crippen LogP contribution in [0.1, 0.15) is 5.56 Å². The van der Waals surface area contributed by atoms with Crippen LogP contribution in [0.25, 0.3) is 11.3 Å². The lowest BCUT2D eigenvalue weighted by Gasteiger charge is -2.10. The lowest BCUT2D eigenvalue weighted by molar-refractivity contribution is 0.306. The lowest BCUT2D eigenvalue weighted by Crippen LogP contribution is -1.99. The Morgan fingerprint density at radius 1 is 0.857 bits per heavy atom. The Hall–Kier alpha value is -2.39. The van der Waals surface area contributed by atoms with Gasteiger partial charge in [-0.15, -0.1) is 10.2 Å². The summed E-state index contributed by atoms with van der Waals surface area (Å²) in [7, 11) is 0. The summed E-state index contributed by atoms with van der Waals surface area (Å²) < 4.78 is 5.87. The molecule has 0 fully saturated rings. The number of hydrogen-bond donors (Lipinski definition) is 0. The van der Waals surface area contributed by atoms with Crippen LogP contribution in [0.15, 0.2) is 66.7 Å². The van der Waals surface area contributed by atoms with E-state index in [9.17, 15) is 0 Å². The molecule has 0 bridgehead atoms. The smallest absolute Gasteiger partial charge is 0.155 e. The lowest BCUT2D eigenvalue weighted by atomic mass is 10.1. The molecule has 0 aliphatic rings. The Labute approximate surface area is 128 Å². The second-order valence-electron chi connectivity index (χ2n) is 4.52. The van der Waals surface area contributed by atoms with E-state index in [0.29, 0.717) is 23.2 Å². The SMILES string of the molecule is Clc1cc(OCc2ccccc2)c(-c2ccccc2)nn1. The van der Waals surface area contributed by atoms with E-state index in [-0.39, 0.29) is 0 Å². The Morgan fingerprint density at radius 2 is 1.52 bits per heavy atom. The average Bonchev–Trinajstić information content (AvgIpc) is 2.55. The highest BCUT2D eigenvalue weighted by Gasteiger charge is 2.10. The largest absolute Gasteiger partial charge is 0.486 e. The molecule has 0 aliphatic heterocycles. The molecule has 0 amide bonds. The second-order valence-corrected chi connectivity index (χ2v) is 4.91. The van der Waals surface area contributed by atoms with Gasteiger partial charge in [-0.2, -0.15) is 0 Å². The van der Waals surface area contributed by atoms with Crippen LogP contribution < -0.4 is 4.74 Å². The van der Waals surface area contributed by atoms with Crippen molar-refractivity contribution >= 4 is 11.6 Å². The van der Waals surface area contributed by atoms with Crippen LogP contribution in [-0.2, 0) is 6.61 Å². The molecule has 3 nitrogen and oxygen atoms in total. The Morgan fingerprint density at radius 3 is 2.24 bits per heavy atom. The van der Waals surface area contributed by atoms with Crippen molar-refractivity contribution in [3.63, 3.8) is 0 Å². The molecule has 0 aliphatic carbocycles. The van der Waals surface area contributed by atoms with Gasteiger partial charge in [-0.25, -0.2) is 0 Å². The molecule has 4 heteroatoms. The average molecular weight is 297 g/mol. The third-order valence-electron chi connectivity index (χ3n) is 3.01. The fourth-order valence-corrected chi connectivity index (χ4v) is 2.13. The molecule has 1 aromatic heterocycles. The quantitative estimate of drug-likeness (QED) is 0.717. The maximum Gasteiger partial charge on any atom is 0.155 e. The van der Waals surface area contributed by atoms with Gasteiger partial charge in [0.2, 0.25) is 0 Å². The van der Waals surface area contributed by atoms with Crippen molar-refractivity contribution in [2.75, 3.05) is 0 Å². The molecule has 0 N–H and O–H groups in total. The normalized spacial score (nSPS) is 10.3. The molecule has 0 atom stereocenters. The number of benzene rings is 2. The van der Waals surface area contributed by atoms with E-state index in [4.69, 9.17) is 16.3 Å². The molecular formula is C17H13ClN2O. The molecule has 1 heterocycles. The van der Waals surface area contributed by atoms with Crippen molar-refractivity contribution in [1.82, 2.24) is 10.2 Å². The minimum absolute atomic E-state index is 0.317. The fourth-order valence-electron chi connectivity index (χ4n) is 1.99. The molecule has 0 saturated heterocycles. The van der Waals surface area contributed by atoms with Gasteiger partial charge in [-0.05, 0) is 5.56 Å². The van der Waals surface area contributed by atoms with Crippen LogP contribution >= 0.6 is 11.6 Å². The van der Waals surface area contributed by atoms with E-state index < -0.39 is 0 Å². The zero-order valence-electron chi connectivity index (χ0n) is 11.2. The van der Waals surface area contributed by atoms with Crippen molar-refractivity contribution in [3.8, 4) is 17.0 Å². The van der Waals surface area contributed by atoms with Crippen LogP contribution in [0.4, 0.5) is 0 Å². The standard InChI is InChI=1S/C17H13ClN2O/c18-16-11-15(21-12-13-7-3-1-4-8-13)17(20-19-16)14-9-5-2-6-10-14/h1-11H,12H2. The van der Waals surface area contributed by atoms with Gasteiger partial charge >= 0.3 is 0 Å². The van der Waals surface area contributed by atoms with Crippen LogP contribution in [0.3, 0.4) is 0 Å². The Kier molecular flexibility index (Phi) is 4.12. The summed E-state index contributed by atoms with van der Waals surface area (Å²) in [6, 6.07) is 21.4. The molecule has 0 spiro atoms. The van der Waals surface area contributed by atoms with E-state index >= 15 is 0 Å². The summed E-state index contributed by atoms with van der Waals surface area (Å²) in [6.07, 6.45) is 0. The summed E-state index contributed by atoms with van der Waals surface area (Å²) in [4.78, 5) is 0. The Bertz CT molecular complexity index is 717. The summed E-state index contributed by atoms with van der Waals surface area (Å²) in [6.45, 7) is 0.461. The zero-order valence-corrected chi connectivity index (χ0v) is 12.0. The molecular weight excluding hydrogens is 284 g/mol. The van der Waals surface area contributed by atoms with Gasteiger partial charge in [0.05, 0.1) is 0 Å². The first-order valence-corrected chi connectivity index (χ1v) is 6.96. The third kappa shape index (κ3) is 3.38. The van der Waals surface area contributed by atoms with Crippen LogP contribution in [-0.4, -0.2) is 10.2 Å². The van der Waals surface area contributed by atoms with Crippen molar-refractivity contribution in [1.29, 1.82) is 0 Å². The predicted octanol–water partition coefficient (Wildman–Crippen LogP) is 4.38. The topological polar surface area (TPSA) is 35.0 Å². The minimum atomic E-state index is 0.317. The molecule has 3 aromatic rings. The molecule has 3 rings (SSSR count). The molecule has 21 heavy (non-hydrogen) atoms. The van der Waals surface area contributed by atoms with Gasteiger partial charge < -0.3 is 4.74 Å². The number of hydrogen-bond acceptors (Lipinski definition) is 3. The first kappa shape index (κ1) is 13.6. The van der Waals surface area contributed by atoms with Gasteiger partial charge in [0.1, 0.15) is 12.3 Å². The Balaban J connectivity index is 1.89. The maximum atomic E-state index is 5.93. The van der Waals surface area contributed by atoms with Gasteiger partial charge in [-0.3, -0.25) is 0 Å². The highest BCUT2D eigenvalue weighted by molar-refractivity contribution is 6.29. The van der Waals surface area contributed by atoms with Crippen molar-refractivity contribution in [2.24, 2.45) is 0 Å². The number of halogens is 1. The van der Waals surface area contributed by atoms with Gasteiger partial charge in [0.15, 0.2) is 10.9 Å². The van der Waals surface area contributed by atoms with Gasteiger partial charge in [-0.1, -0.05) is 72.3 Å². The molecule has 0 unspecified atom stereocenters. The number of ether oxygens (including phenoxy) is 1. The zero-order chi connectivity index (χ0) is 14.5. The third-order valence-corrected chi connectivity index (χ3v) is 3.20. The number of rotatable bonds is 4. The van der Waals surface area contributed by atoms with Gasteiger partial charge in [0, 0.05) is 11.6 Å². The van der Waals surface area contributed by atoms with Crippen LogP contribution in [0.5, 0.6) is 5.75 Å². The number of nitrogens with zero attached hydrogens (tertiary/aromatic N) is 2. The van der Waals surface area contributed by atoms with E-state index in [1.54, 1.807) is 6.07 Å². The summed E-state index contributed by atoms with van der Waals surface area (Å²) in [5.41, 5.74) is 2.73. The van der Waals surface area contributed by atoms with E-state index in [2.05, 4.69) is 10.2 Å². The van der Waals surface area contributed by atoms with E-state index in [0.717, 1.165) is 11.1 Å². The van der Waals surface area contributed by atoms with E-state index in [1.165, 1.54) is 0 Å². The predicted molar refractivity (Wildman–Crippen MR) is 83.3 cm³/mol. The fraction of sp³-hybridized carbons (Fsp3) is 0.0588. The summed E-state index contributed by atoms with van der Waals surface area (Å²) in [5.74, 6) is 0.630. The van der Waals surface area contributed by atoms with E-state index in [1.807, 2.05) is 60.7 Å². The summed E-state index contributed by atoms with van der Waals surface area (Å²) in [5, 5.41) is 8.38. The highest BCUT2D eigenvalue weighted by Crippen LogP contribution is 2.29.